The molecule has 2 aromatic carbocycles. The summed E-state index contributed by atoms with van der Waals surface area (Å²) in [5.74, 6) is 1.59. The summed E-state index contributed by atoms with van der Waals surface area (Å²) in [6.45, 7) is 0.581. The number of thiocarbonyl (C=S) groups is 1. The van der Waals surface area contributed by atoms with Crippen molar-refractivity contribution < 1.29 is 4.74 Å². The molecular weight excluding hydrogens is 368 g/mol. The first-order valence-corrected chi connectivity index (χ1v) is 9.33. The minimum atomic E-state index is 0.427. The maximum atomic E-state index is 5.42. The molecule has 2 N–H and O–H groups in total. The van der Waals surface area contributed by atoms with E-state index in [0.717, 1.165) is 28.4 Å². The van der Waals surface area contributed by atoms with Gasteiger partial charge in [-0.3, -0.25) is 4.98 Å². The summed E-state index contributed by atoms with van der Waals surface area (Å²) in [5.41, 5.74) is 3.12. The van der Waals surface area contributed by atoms with E-state index >= 15 is 0 Å². The lowest BCUT2D eigenvalue weighted by Crippen LogP contribution is -2.24. The summed E-state index contributed by atoms with van der Waals surface area (Å²) in [6, 6.07) is 21.7. The number of methoxy groups -OCH3 is 1. The van der Waals surface area contributed by atoms with Crippen LogP contribution in [0.15, 0.2) is 84.1 Å². The van der Waals surface area contributed by atoms with Crippen molar-refractivity contribution in [3.05, 3.63) is 90.3 Å². The highest BCUT2D eigenvalue weighted by Crippen LogP contribution is 2.13. The highest BCUT2D eigenvalue weighted by Gasteiger charge is 2.05. The Morgan fingerprint density at radius 2 is 1.79 bits per heavy atom. The van der Waals surface area contributed by atoms with Crippen molar-refractivity contribution in [2.24, 2.45) is 4.99 Å². The van der Waals surface area contributed by atoms with Gasteiger partial charge in [0.1, 0.15) is 11.6 Å². The van der Waals surface area contributed by atoms with Gasteiger partial charge in [-0.05, 0) is 53.7 Å². The fraction of sp³-hybridized carbons (Fsp3) is 0.136. The minimum Gasteiger partial charge on any atom is -0.497 e. The van der Waals surface area contributed by atoms with Gasteiger partial charge in [0.2, 0.25) is 0 Å². The second kappa shape index (κ2) is 10.2. The van der Waals surface area contributed by atoms with Crippen LogP contribution in [0.5, 0.6) is 5.75 Å². The van der Waals surface area contributed by atoms with Gasteiger partial charge in [0, 0.05) is 31.0 Å². The van der Waals surface area contributed by atoms with E-state index in [9.17, 15) is 0 Å². The van der Waals surface area contributed by atoms with Crippen LogP contribution in [0.1, 0.15) is 11.1 Å². The molecule has 0 saturated carbocycles. The Bertz CT molecular complexity index is 912. The van der Waals surface area contributed by atoms with Crippen LogP contribution in [0.2, 0.25) is 0 Å². The number of anilines is 1. The van der Waals surface area contributed by atoms with Gasteiger partial charge in [0.05, 0.1) is 7.11 Å². The first kappa shape index (κ1) is 19.5. The van der Waals surface area contributed by atoms with Crippen LogP contribution in [-0.2, 0) is 13.0 Å². The summed E-state index contributed by atoms with van der Waals surface area (Å²) < 4.78 is 5.23. The largest absolute Gasteiger partial charge is 0.497 e. The van der Waals surface area contributed by atoms with Crippen LogP contribution in [-0.4, -0.2) is 23.0 Å². The van der Waals surface area contributed by atoms with Crippen molar-refractivity contribution in [1.29, 1.82) is 0 Å². The van der Waals surface area contributed by atoms with Crippen molar-refractivity contribution in [2.45, 2.75) is 13.0 Å². The first-order valence-electron chi connectivity index (χ1n) is 8.92. The third-order valence-electron chi connectivity index (χ3n) is 4.00. The lowest BCUT2D eigenvalue weighted by Gasteiger charge is -2.12. The molecule has 0 spiro atoms. The number of pyridine rings is 1. The summed E-state index contributed by atoms with van der Waals surface area (Å²) in [5, 5.41) is 6.95. The number of aliphatic imine (C=N–C) groups is 1. The Hall–Kier alpha value is -3.25. The van der Waals surface area contributed by atoms with Crippen LogP contribution < -0.4 is 15.4 Å². The van der Waals surface area contributed by atoms with Crippen molar-refractivity contribution in [3.63, 3.8) is 0 Å². The lowest BCUT2D eigenvalue weighted by molar-refractivity contribution is 0.414. The molecule has 6 heteroatoms. The quantitative estimate of drug-likeness (QED) is 0.375. The van der Waals surface area contributed by atoms with Crippen LogP contribution in [0.4, 0.5) is 5.69 Å². The number of aromatic nitrogens is 1. The molecule has 3 aromatic rings. The predicted molar refractivity (Wildman–Crippen MR) is 118 cm³/mol. The summed E-state index contributed by atoms with van der Waals surface area (Å²) in [7, 11) is 1.66. The van der Waals surface area contributed by atoms with E-state index in [-0.39, 0.29) is 0 Å². The van der Waals surface area contributed by atoms with Crippen LogP contribution in [0.25, 0.3) is 0 Å². The fourth-order valence-corrected chi connectivity index (χ4v) is 2.76. The van der Waals surface area contributed by atoms with Gasteiger partial charge >= 0.3 is 0 Å². The number of benzene rings is 2. The normalized spacial score (nSPS) is 11.0. The number of ether oxygens (including phenoxy) is 1. The number of nitrogens with one attached hydrogen (secondary N) is 2. The van der Waals surface area contributed by atoms with Gasteiger partial charge in [-0.25, -0.2) is 4.99 Å². The van der Waals surface area contributed by atoms with E-state index in [4.69, 9.17) is 17.0 Å². The van der Waals surface area contributed by atoms with E-state index < -0.39 is 0 Å². The molecule has 0 fully saturated rings. The standard InChI is InChI=1S/C22H22N4OS/c1-27-20-11-9-17(10-12-20)14-21(25-19-7-3-2-4-8-19)26-22(28)24-16-18-6-5-13-23-15-18/h2-13,15H,14,16H2,1H3,(H2,24,25,26,28). The Balaban J connectivity index is 1.71. The third kappa shape index (κ3) is 6.17. The van der Waals surface area contributed by atoms with Crippen molar-refractivity contribution >= 4 is 28.9 Å². The molecule has 28 heavy (non-hydrogen) atoms. The van der Waals surface area contributed by atoms with Gasteiger partial charge in [-0.2, -0.15) is 0 Å². The molecule has 0 unspecified atom stereocenters. The van der Waals surface area contributed by atoms with E-state index in [0.29, 0.717) is 18.1 Å². The minimum absolute atomic E-state index is 0.427. The molecule has 0 atom stereocenters. The second-order valence-electron chi connectivity index (χ2n) is 6.09. The monoisotopic (exact) mass is 390 g/mol. The molecule has 0 bridgehead atoms. The topological polar surface area (TPSA) is 58.5 Å². The Morgan fingerprint density at radius 3 is 2.46 bits per heavy atom. The van der Waals surface area contributed by atoms with Gasteiger partial charge in [-0.15, -0.1) is 0 Å². The number of hydrogen-bond acceptors (Lipinski definition) is 3. The number of rotatable bonds is 6. The van der Waals surface area contributed by atoms with E-state index in [1.54, 1.807) is 19.5 Å². The van der Waals surface area contributed by atoms with E-state index in [1.165, 1.54) is 0 Å². The molecule has 0 amide bonds. The van der Waals surface area contributed by atoms with Crippen LogP contribution in [0.3, 0.4) is 0 Å². The highest BCUT2D eigenvalue weighted by atomic mass is 32.1. The summed E-state index contributed by atoms with van der Waals surface area (Å²) in [4.78, 5) is 8.71. The molecule has 0 aliphatic carbocycles. The molecule has 0 aliphatic heterocycles. The van der Waals surface area contributed by atoms with Crippen LogP contribution >= 0.6 is 12.2 Å². The first-order chi connectivity index (χ1) is 13.7. The number of nitrogens with zero attached hydrogens (tertiary/aromatic N) is 2. The van der Waals surface area contributed by atoms with Gasteiger partial charge in [-0.1, -0.05) is 36.4 Å². The van der Waals surface area contributed by atoms with Crippen molar-refractivity contribution in [1.82, 2.24) is 10.3 Å². The predicted octanol–water partition coefficient (Wildman–Crippen LogP) is 4.22. The van der Waals surface area contributed by atoms with Gasteiger partial charge in [0.25, 0.3) is 0 Å². The van der Waals surface area contributed by atoms with Gasteiger partial charge in [0.15, 0.2) is 5.11 Å². The lowest BCUT2D eigenvalue weighted by atomic mass is 10.1. The molecule has 0 radical (unpaired) electrons. The smallest absolute Gasteiger partial charge is 0.194 e. The zero-order valence-electron chi connectivity index (χ0n) is 15.6. The SMILES string of the molecule is COc1ccc(C/C(=N/C(=S)NCc2cccnc2)Nc2ccccc2)cc1. The van der Waals surface area contributed by atoms with Crippen molar-refractivity contribution in [3.8, 4) is 5.75 Å². The molecule has 3 rings (SSSR count). The Kier molecular flexibility index (Phi) is 7.09. The Labute approximate surface area is 170 Å². The van der Waals surface area contributed by atoms with Crippen LogP contribution in [0, 0.1) is 0 Å². The third-order valence-corrected chi connectivity index (χ3v) is 4.23. The maximum absolute atomic E-state index is 5.42. The van der Waals surface area contributed by atoms with E-state index in [1.807, 2.05) is 66.7 Å². The Morgan fingerprint density at radius 1 is 1.00 bits per heavy atom. The molecule has 5 nitrogen and oxygen atoms in total. The number of hydrogen-bond donors (Lipinski definition) is 2. The molecule has 1 aromatic heterocycles. The zero-order chi connectivity index (χ0) is 19.6. The molecule has 142 valence electrons. The average molecular weight is 391 g/mol. The van der Waals surface area contributed by atoms with Gasteiger partial charge < -0.3 is 15.4 Å². The molecule has 1 heterocycles. The van der Waals surface area contributed by atoms with Crippen molar-refractivity contribution in [2.75, 3.05) is 12.4 Å². The highest BCUT2D eigenvalue weighted by molar-refractivity contribution is 7.80. The average Bonchev–Trinajstić information content (AvgIpc) is 2.74. The number of para-hydroxylation sites is 1. The fourth-order valence-electron chi connectivity index (χ4n) is 2.58. The summed E-state index contributed by atoms with van der Waals surface area (Å²) >= 11 is 5.42. The molecule has 0 saturated heterocycles. The zero-order valence-corrected chi connectivity index (χ0v) is 16.4. The molecular formula is C22H22N4OS. The maximum Gasteiger partial charge on any atom is 0.194 e. The van der Waals surface area contributed by atoms with E-state index in [2.05, 4.69) is 20.6 Å². The molecule has 0 aliphatic rings. The second-order valence-corrected chi connectivity index (χ2v) is 6.48. The number of amidine groups is 1. The summed E-state index contributed by atoms with van der Waals surface area (Å²) in [6.07, 6.45) is 4.17.